The fraction of sp³-hybridized carbons (Fsp3) is 0.533. The van der Waals surface area contributed by atoms with Crippen molar-refractivity contribution in [3.8, 4) is 0 Å². The number of piperidine rings is 1. The fourth-order valence-corrected chi connectivity index (χ4v) is 3.10. The van der Waals surface area contributed by atoms with Gasteiger partial charge in [0.2, 0.25) is 5.91 Å². The summed E-state index contributed by atoms with van der Waals surface area (Å²) in [6.45, 7) is 3.19. The van der Waals surface area contributed by atoms with Crippen LogP contribution >= 0.6 is 27.5 Å². The highest BCUT2D eigenvalue weighted by Gasteiger charge is 2.20. The molecule has 0 bridgehead atoms. The third-order valence-corrected chi connectivity index (χ3v) is 4.68. The molecule has 1 amide bonds. The molecule has 4 nitrogen and oxygen atoms in total. The molecule has 2 N–H and O–H groups in total. The van der Waals surface area contributed by atoms with Crippen LogP contribution < -0.4 is 10.6 Å². The molecule has 0 aliphatic carbocycles. The molecule has 0 atom stereocenters. The Morgan fingerprint density at radius 2 is 2.14 bits per heavy atom. The molecule has 21 heavy (non-hydrogen) atoms. The Morgan fingerprint density at radius 1 is 1.43 bits per heavy atom. The zero-order chi connectivity index (χ0) is 15.2. The van der Waals surface area contributed by atoms with E-state index in [1.165, 1.54) is 0 Å². The van der Waals surface area contributed by atoms with E-state index in [1.54, 1.807) is 7.05 Å². The first-order valence-corrected chi connectivity index (χ1v) is 8.36. The molecule has 0 spiro atoms. The first kappa shape index (κ1) is 16.7. The maximum atomic E-state index is 11.4. The molecule has 1 aliphatic rings. The number of nitrogens with zero attached hydrogens (tertiary/aromatic N) is 1. The van der Waals surface area contributed by atoms with Gasteiger partial charge in [0.1, 0.15) is 0 Å². The first-order chi connectivity index (χ1) is 10.1. The average molecular weight is 375 g/mol. The van der Waals surface area contributed by atoms with Crippen LogP contribution in [0.25, 0.3) is 0 Å². The number of amides is 1. The summed E-state index contributed by atoms with van der Waals surface area (Å²) < 4.78 is 1.05. The third kappa shape index (κ3) is 5.25. The third-order valence-electron chi connectivity index (χ3n) is 3.82. The van der Waals surface area contributed by atoms with Gasteiger partial charge < -0.3 is 10.6 Å². The van der Waals surface area contributed by atoms with Crippen molar-refractivity contribution in [1.29, 1.82) is 0 Å². The average Bonchev–Trinajstić information content (AvgIpc) is 2.49. The summed E-state index contributed by atoms with van der Waals surface area (Å²) in [5, 5.41) is 7.02. The van der Waals surface area contributed by atoms with E-state index < -0.39 is 0 Å². The van der Waals surface area contributed by atoms with E-state index in [4.69, 9.17) is 11.6 Å². The lowest BCUT2D eigenvalue weighted by atomic mass is 10.0. The number of nitrogens with one attached hydrogen (secondary N) is 2. The molecule has 1 heterocycles. The molecule has 1 aliphatic heterocycles. The second-order valence-electron chi connectivity index (χ2n) is 5.34. The van der Waals surface area contributed by atoms with Crippen LogP contribution in [0, 0.1) is 0 Å². The van der Waals surface area contributed by atoms with Gasteiger partial charge >= 0.3 is 0 Å². The van der Waals surface area contributed by atoms with Gasteiger partial charge in [0.15, 0.2) is 0 Å². The van der Waals surface area contributed by atoms with Crippen LogP contribution in [0.15, 0.2) is 22.7 Å². The Hall–Kier alpha value is -0.620. The van der Waals surface area contributed by atoms with Crippen LogP contribution in [0.3, 0.4) is 0 Å². The maximum Gasteiger partial charge on any atom is 0.233 e. The molecule has 1 aromatic rings. The van der Waals surface area contributed by atoms with E-state index in [0.29, 0.717) is 12.6 Å². The van der Waals surface area contributed by atoms with Crippen molar-refractivity contribution in [2.75, 3.05) is 26.7 Å². The molecule has 0 radical (unpaired) electrons. The van der Waals surface area contributed by atoms with Crippen LogP contribution in [-0.2, 0) is 11.3 Å². The number of hydrogen-bond acceptors (Lipinski definition) is 3. The summed E-state index contributed by atoms with van der Waals surface area (Å²) in [6, 6.07) is 6.40. The number of benzene rings is 1. The summed E-state index contributed by atoms with van der Waals surface area (Å²) in [7, 11) is 1.68. The van der Waals surface area contributed by atoms with E-state index in [-0.39, 0.29) is 5.91 Å². The van der Waals surface area contributed by atoms with E-state index in [1.807, 2.05) is 12.1 Å². The van der Waals surface area contributed by atoms with E-state index in [0.717, 1.165) is 47.5 Å². The molecule has 1 saturated heterocycles. The second-order valence-corrected chi connectivity index (χ2v) is 6.66. The van der Waals surface area contributed by atoms with Gasteiger partial charge in [-0.15, -0.1) is 0 Å². The molecular weight excluding hydrogens is 354 g/mol. The highest BCUT2D eigenvalue weighted by atomic mass is 79.9. The van der Waals surface area contributed by atoms with Gasteiger partial charge in [0.25, 0.3) is 0 Å². The topological polar surface area (TPSA) is 44.4 Å². The summed E-state index contributed by atoms with van der Waals surface area (Å²) in [4.78, 5) is 13.6. The number of likely N-dealkylation sites (N-methyl/N-ethyl adjacent to an activating group) is 1. The Morgan fingerprint density at radius 3 is 2.81 bits per heavy atom. The smallest absolute Gasteiger partial charge is 0.233 e. The first-order valence-electron chi connectivity index (χ1n) is 7.18. The summed E-state index contributed by atoms with van der Waals surface area (Å²) in [5.74, 6) is 0.0855. The zero-order valence-electron chi connectivity index (χ0n) is 12.2. The molecule has 1 fully saturated rings. The summed E-state index contributed by atoms with van der Waals surface area (Å²) in [6.07, 6.45) is 2.12. The van der Waals surface area contributed by atoms with Crippen molar-refractivity contribution in [2.45, 2.75) is 25.4 Å². The fourth-order valence-electron chi connectivity index (χ4n) is 2.51. The minimum absolute atomic E-state index is 0.0855. The van der Waals surface area contributed by atoms with E-state index >= 15 is 0 Å². The SMILES string of the molecule is CNC(=O)CN1CCC(NCc2cc(Br)ccc2Cl)CC1. The Kier molecular flexibility index (Phi) is 6.48. The standard InChI is InChI=1S/C15H21BrClN3O/c1-18-15(21)10-20-6-4-13(5-7-20)19-9-11-8-12(16)2-3-14(11)17/h2-3,8,13,19H,4-7,9-10H2,1H3,(H,18,21). The molecular formula is C15H21BrClN3O. The van der Waals surface area contributed by atoms with Gasteiger partial charge in [0.05, 0.1) is 6.54 Å². The Balaban J connectivity index is 1.76. The van der Waals surface area contributed by atoms with Gasteiger partial charge in [-0.25, -0.2) is 0 Å². The second kappa shape index (κ2) is 8.13. The van der Waals surface area contributed by atoms with Gasteiger partial charge in [-0.2, -0.15) is 0 Å². The minimum atomic E-state index is 0.0855. The van der Waals surface area contributed by atoms with Gasteiger partial charge in [-0.05, 0) is 36.6 Å². The van der Waals surface area contributed by atoms with Crippen LogP contribution in [-0.4, -0.2) is 43.5 Å². The predicted molar refractivity (Wildman–Crippen MR) is 89.5 cm³/mol. The molecule has 0 unspecified atom stereocenters. The largest absolute Gasteiger partial charge is 0.358 e. The monoisotopic (exact) mass is 373 g/mol. The minimum Gasteiger partial charge on any atom is -0.358 e. The van der Waals surface area contributed by atoms with E-state index in [2.05, 4.69) is 37.5 Å². The predicted octanol–water partition coefficient (Wildman–Crippen LogP) is 2.40. The number of halogens is 2. The number of likely N-dealkylation sites (tertiary alicyclic amines) is 1. The highest BCUT2D eigenvalue weighted by molar-refractivity contribution is 9.10. The van der Waals surface area contributed by atoms with Gasteiger partial charge in [0, 0.05) is 42.2 Å². The van der Waals surface area contributed by atoms with Crippen LogP contribution in [0.5, 0.6) is 0 Å². The number of rotatable bonds is 5. The highest BCUT2D eigenvalue weighted by Crippen LogP contribution is 2.21. The lowest BCUT2D eigenvalue weighted by Gasteiger charge is -2.32. The molecule has 116 valence electrons. The molecule has 1 aromatic carbocycles. The zero-order valence-corrected chi connectivity index (χ0v) is 14.5. The quantitative estimate of drug-likeness (QED) is 0.832. The maximum absolute atomic E-state index is 11.4. The van der Waals surface area contributed by atoms with Gasteiger partial charge in [-0.3, -0.25) is 9.69 Å². The van der Waals surface area contributed by atoms with Crippen molar-refractivity contribution >= 4 is 33.4 Å². The van der Waals surface area contributed by atoms with Crippen LogP contribution in [0.2, 0.25) is 5.02 Å². The summed E-state index contributed by atoms with van der Waals surface area (Å²) in [5.41, 5.74) is 1.11. The number of hydrogen-bond donors (Lipinski definition) is 2. The molecule has 0 aromatic heterocycles. The van der Waals surface area contributed by atoms with Crippen LogP contribution in [0.4, 0.5) is 0 Å². The summed E-state index contributed by atoms with van der Waals surface area (Å²) >= 11 is 9.67. The van der Waals surface area contributed by atoms with Gasteiger partial charge in [-0.1, -0.05) is 27.5 Å². The molecule has 2 rings (SSSR count). The lowest BCUT2D eigenvalue weighted by Crippen LogP contribution is -2.45. The van der Waals surface area contributed by atoms with Crippen molar-refractivity contribution in [1.82, 2.24) is 15.5 Å². The van der Waals surface area contributed by atoms with Crippen molar-refractivity contribution in [2.24, 2.45) is 0 Å². The Labute approximate surface area is 139 Å². The van der Waals surface area contributed by atoms with Crippen LogP contribution in [0.1, 0.15) is 18.4 Å². The Bertz CT molecular complexity index is 490. The molecule has 6 heteroatoms. The number of carbonyl (C=O) groups is 1. The van der Waals surface area contributed by atoms with E-state index in [9.17, 15) is 4.79 Å². The molecule has 0 saturated carbocycles. The van der Waals surface area contributed by atoms with Crippen molar-refractivity contribution in [3.05, 3.63) is 33.3 Å². The lowest BCUT2D eigenvalue weighted by molar-refractivity contribution is -0.122. The number of carbonyl (C=O) groups excluding carboxylic acids is 1. The van der Waals surface area contributed by atoms with Crippen molar-refractivity contribution in [3.63, 3.8) is 0 Å². The van der Waals surface area contributed by atoms with Crippen molar-refractivity contribution < 1.29 is 4.79 Å². The normalized spacial score (nSPS) is 16.9.